The number of fused-ring (bicyclic) bond motifs is 6. The summed E-state index contributed by atoms with van der Waals surface area (Å²) in [6.45, 7) is 9.53. The molecule has 11 rings (SSSR count). The summed E-state index contributed by atoms with van der Waals surface area (Å²) in [5, 5.41) is 5.18. The molecule has 0 fully saturated rings. The van der Waals surface area contributed by atoms with Gasteiger partial charge in [0.05, 0.1) is 0 Å². The molecule has 0 saturated carbocycles. The van der Waals surface area contributed by atoms with Gasteiger partial charge in [0, 0.05) is 27.9 Å². The molecule has 0 N–H and O–H groups in total. The van der Waals surface area contributed by atoms with Crippen LogP contribution in [0.1, 0.15) is 49.9 Å². The second kappa shape index (κ2) is 12.4. The highest BCUT2D eigenvalue weighted by Gasteiger charge is 2.38. The third-order valence-electron chi connectivity index (χ3n) is 13.0. The highest BCUT2D eigenvalue weighted by molar-refractivity contribution is 6.10. The summed E-state index contributed by atoms with van der Waals surface area (Å²) in [5.74, 6) is 0. The number of rotatable bonds is 5. The van der Waals surface area contributed by atoms with Gasteiger partial charge in [0.25, 0.3) is 0 Å². The molecule has 0 bridgehead atoms. The standard InChI is InChI=1S/C56H43N/c1-55(2)49-22-11-10-19-46(49)47-33-31-43(35-51(47)55)57(41-17-6-5-7-18-41)42-29-26-37(27-30-42)44-32-28-38-16-12-23-50-52(38)53(44)48-21-13-20-45(54(48)56(50,3)4)40-25-24-36-14-8-9-15-39(36)34-40/h5-35H,1-4H3. The first kappa shape index (κ1) is 33.6. The summed E-state index contributed by atoms with van der Waals surface area (Å²) in [7, 11) is 0. The molecule has 272 valence electrons. The minimum Gasteiger partial charge on any atom is -0.310 e. The monoisotopic (exact) mass is 729 g/mol. The van der Waals surface area contributed by atoms with E-state index in [0.29, 0.717) is 0 Å². The van der Waals surface area contributed by atoms with Crippen molar-refractivity contribution in [1.82, 2.24) is 0 Å². The molecular formula is C56H43N. The second-order valence-electron chi connectivity index (χ2n) is 16.9. The normalized spacial score (nSPS) is 14.2. The largest absolute Gasteiger partial charge is 0.310 e. The Bertz CT molecular complexity index is 3060. The Kier molecular flexibility index (Phi) is 7.32. The highest BCUT2D eigenvalue weighted by Crippen LogP contribution is 2.55. The predicted molar refractivity (Wildman–Crippen MR) is 242 cm³/mol. The third-order valence-corrected chi connectivity index (χ3v) is 13.0. The lowest BCUT2D eigenvalue weighted by molar-refractivity contribution is 0.647. The van der Waals surface area contributed by atoms with Crippen molar-refractivity contribution in [3.05, 3.63) is 210 Å². The SMILES string of the molecule is CC1(C)c2ccccc2-c2ccc(N(c3ccccc3)c3ccc(-c4ccc5cccc6c5c4-c4cccc(-c5ccc7ccccc7c5)c4C6(C)C)cc3)cc21. The van der Waals surface area contributed by atoms with Crippen LogP contribution in [-0.2, 0) is 10.8 Å². The van der Waals surface area contributed by atoms with E-state index in [1.165, 1.54) is 88.3 Å². The van der Waals surface area contributed by atoms with Crippen LogP contribution in [0.4, 0.5) is 17.1 Å². The van der Waals surface area contributed by atoms with Crippen LogP contribution in [0.25, 0.3) is 66.1 Å². The van der Waals surface area contributed by atoms with Crippen LogP contribution < -0.4 is 4.90 Å². The Labute approximate surface area is 335 Å². The number of benzene rings is 9. The van der Waals surface area contributed by atoms with E-state index in [9.17, 15) is 0 Å². The van der Waals surface area contributed by atoms with E-state index in [1.54, 1.807) is 0 Å². The third kappa shape index (κ3) is 5.02. The molecule has 1 nitrogen and oxygen atoms in total. The fourth-order valence-electron chi connectivity index (χ4n) is 10.2. The van der Waals surface area contributed by atoms with Crippen molar-refractivity contribution in [2.45, 2.75) is 38.5 Å². The first-order valence-corrected chi connectivity index (χ1v) is 20.2. The summed E-state index contributed by atoms with van der Waals surface area (Å²) in [4.78, 5) is 2.40. The molecule has 0 radical (unpaired) electrons. The number of hydrogen-bond acceptors (Lipinski definition) is 1. The molecular weight excluding hydrogens is 687 g/mol. The number of hydrogen-bond donors (Lipinski definition) is 0. The molecule has 2 aliphatic rings. The fraction of sp³-hybridized carbons (Fsp3) is 0.107. The molecule has 1 heteroatoms. The topological polar surface area (TPSA) is 3.24 Å². The molecule has 2 aliphatic carbocycles. The Morgan fingerprint density at radius 3 is 1.75 bits per heavy atom. The molecule has 0 saturated heterocycles. The van der Waals surface area contributed by atoms with E-state index < -0.39 is 0 Å². The molecule has 9 aromatic rings. The lowest BCUT2D eigenvalue weighted by Crippen LogP contribution is -2.25. The molecule has 0 aliphatic heterocycles. The van der Waals surface area contributed by atoms with Gasteiger partial charge in [-0.05, 0) is 131 Å². The van der Waals surface area contributed by atoms with Crippen LogP contribution in [0.3, 0.4) is 0 Å². The van der Waals surface area contributed by atoms with Gasteiger partial charge in [-0.1, -0.05) is 173 Å². The molecule has 0 spiro atoms. The van der Waals surface area contributed by atoms with Crippen molar-refractivity contribution >= 4 is 38.6 Å². The van der Waals surface area contributed by atoms with Crippen LogP contribution in [0.15, 0.2) is 188 Å². The van der Waals surface area contributed by atoms with E-state index >= 15 is 0 Å². The summed E-state index contributed by atoms with van der Waals surface area (Å²) < 4.78 is 0. The molecule has 57 heavy (non-hydrogen) atoms. The van der Waals surface area contributed by atoms with Gasteiger partial charge in [-0.15, -0.1) is 0 Å². The van der Waals surface area contributed by atoms with E-state index in [1.807, 2.05) is 0 Å². The number of anilines is 3. The van der Waals surface area contributed by atoms with Gasteiger partial charge in [-0.25, -0.2) is 0 Å². The Hall–Kier alpha value is -6.70. The smallest absolute Gasteiger partial charge is 0.0465 e. The quantitative estimate of drug-likeness (QED) is 0.170. The summed E-state index contributed by atoms with van der Waals surface area (Å²) in [6.07, 6.45) is 0. The van der Waals surface area contributed by atoms with Gasteiger partial charge >= 0.3 is 0 Å². The minimum absolute atomic E-state index is 0.0799. The zero-order chi connectivity index (χ0) is 38.5. The molecule has 0 heterocycles. The zero-order valence-electron chi connectivity index (χ0n) is 32.8. The van der Waals surface area contributed by atoms with Crippen molar-refractivity contribution in [1.29, 1.82) is 0 Å². The summed E-state index contributed by atoms with van der Waals surface area (Å²) in [5.41, 5.74) is 19.1. The Balaban J connectivity index is 1.06. The first-order valence-electron chi connectivity index (χ1n) is 20.2. The van der Waals surface area contributed by atoms with Crippen LogP contribution in [0.2, 0.25) is 0 Å². The molecule has 0 amide bonds. The minimum atomic E-state index is -0.200. The van der Waals surface area contributed by atoms with Gasteiger partial charge < -0.3 is 4.90 Å². The highest BCUT2D eigenvalue weighted by atomic mass is 15.1. The van der Waals surface area contributed by atoms with Gasteiger partial charge in [0.2, 0.25) is 0 Å². The van der Waals surface area contributed by atoms with Crippen molar-refractivity contribution in [3.8, 4) is 44.5 Å². The molecule has 0 aromatic heterocycles. The van der Waals surface area contributed by atoms with Crippen LogP contribution >= 0.6 is 0 Å². The zero-order valence-corrected chi connectivity index (χ0v) is 32.8. The van der Waals surface area contributed by atoms with Crippen molar-refractivity contribution in [2.75, 3.05) is 4.90 Å². The lowest BCUT2D eigenvalue weighted by Gasteiger charge is -2.38. The van der Waals surface area contributed by atoms with E-state index in [-0.39, 0.29) is 10.8 Å². The fourth-order valence-corrected chi connectivity index (χ4v) is 10.2. The van der Waals surface area contributed by atoms with Gasteiger partial charge in [-0.2, -0.15) is 0 Å². The maximum Gasteiger partial charge on any atom is 0.0465 e. The second-order valence-corrected chi connectivity index (χ2v) is 16.9. The maximum atomic E-state index is 2.41. The Morgan fingerprint density at radius 2 is 0.912 bits per heavy atom. The maximum absolute atomic E-state index is 2.41. The van der Waals surface area contributed by atoms with Crippen LogP contribution in [-0.4, -0.2) is 0 Å². The first-order chi connectivity index (χ1) is 27.8. The van der Waals surface area contributed by atoms with Gasteiger partial charge in [0.15, 0.2) is 0 Å². The number of nitrogens with zero attached hydrogens (tertiary/aromatic N) is 1. The van der Waals surface area contributed by atoms with Crippen molar-refractivity contribution < 1.29 is 0 Å². The molecule has 0 unspecified atom stereocenters. The van der Waals surface area contributed by atoms with Crippen LogP contribution in [0, 0.1) is 0 Å². The average molecular weight is 730 g/mol. The average Bonchev–Trinajstić information content (AvgIpc) is 3.48. The summed E-state index contributed by atoms with van der Waals surface area (Å²) >= 11 is 0. The van der Waals surface area contributed by atoms with Crippen molar-refractivity contribution in [2.24, 2.45) is 0 Å². The number of para-hydroxylation sites is 1. The predicted octanol–water partition coefficient (Wildman–Crippen LogP) is 15.4. The molecule has 9 aromatic carbocycles. The lowest BCUT2D eigenvalue weighted by atomic mass is 9.65. The van der Waals surface area contributed by atoms with Crippen LogP contribution in [0.5, 0.6) is 0 Å². The van der Waals surface area contributed by atoms with E-state index in [4.69, 9.17) is 0 Å². The van der Waals surface area contributed by atoms with E-state index in [2.05, 4.69) is 221 Å². The Morgan fingerprint density at radius 1 is 0.333 bits per heavy atom. The summed E-state index contributed by atoms with van der Waals surface area (Å²) in [6, 6.07) is 70.0. The van der Waals surface area contributed by atoms with Gasteiger partial charge in [0.1, 0.15) is 0 Å². The van der Waals surface area contributed by atoms with E-state index in [0.717, 1.165) is 17.1 Å². The molecule has 0 atom stereocenters. The van der Waals surface area contributed by atoms with Crippen molar-refractivity contribution in [3.63, 3.8) is 0 Å². The van der Waals surface area contributed by atoms with Gasteiger partial charge in [-0.3, -0.25) is 0 Å².